The molecule has 8 heteroatoms. The highest BCUT2D eigenvalue weighted by Gasteiger charge is 2.30. The molecule has 0 spiro atoms. The Morgan fingerprint density at radius 1 is 1.07 bits per heavy atom. The zero-order valence-electron chi connectivity index (χ0n) is 16.6. The molecule has 1 aromatic heterocycles. The number of rotatable bonds is 7. The van der Waals surface area contributed by atoms with Gasteiger partial charge in [-0.25, -0.2) is 18.1 Å². The van der Waals surface area contributed by atoms with Crippen LogP contribution >= 0.6 is 23.2 Å². The van der Waals surface area contributed by atoms with Gasteiger partial charge in [-0.15, -0.1) is 0 Å². The molecule has 1 atom stereocenters. The van der Waals surface area contributed by atoms with Crippen molar-refractivity contribution in [3.63, 3.8) is 0 Å². The van der Waals surface area contributed by atoms with E-state index in [9.17, 15) is 8.42 Å². The molecule has 0 aliphatic heterocycles. The lowest BCUT2D eigenvalue weighted by atomic mass is 9.81. The molecule has 1 fully saturated rings. The summed E-state index contributed by atoms with van der Waals surface area (Å²) < 4.78 is 34.6. The van der Waals surface area contributed by atoms with Crippen LogP contribution in [0.1, 0.15) is 57.6 Å². The van der Waals surface area contributed by atoms with Gasteiger partial charge >= 0.3 is 0 Å². The summed E-state index contributed by atoms with van der Waals surface area (Å²) >= 11 is 12.4. The van der Waals surface area contributed by atoms with E-state index in [1.165, 1.54) is 18.7 Å². The van der Waals surface area contributed by atoms with Gasteiger partial charge < -0.3 is 4.74 Å². The molecule has 0 amide bonds. The summed E-state index contributed by atoms with van der Waals surface area (Å²) in [7, 11) is -3.78. The maximum Gasteiger partial charge on any atom is 0.242 e. The highest BCUT2D eigenvalue weighted by Crippen LogP contribution is 2.37. The lowest BCUT2D eigenvalue weighted by Gasteiger charge is -2.31. The maximum absolute atomic E-state index is 13.1. The Labute approximate surface area is 182 Å². The van der Waals surface area contributed by atoms with Gasteiger partial charge in [0.15, 0.2) is 0 Å². The first-order valence-electron chi connectivity index (χ1n) is 9.85. The summed E-state index contributed by atoms with van der Waals surface area (Å²) in [5, 5.41) is 0.980. The van der Waals surface area contributed by atoms with Crippen molar-refractivity contribution >= 4 is 33.2 Å². The SMILES string of the molecule is CC(C)Oc1ccc(S(=O)(=O)N[C@@H](c2cc(Cl)cc(Cl)c2)C2CCCCC2)cn1. The Morgan fingerprint density at radius 2 is 1.72 bits per heavy atom. The van der Waals surface area contributed by atoms with Crippen LogP contribution in [0.5, 0.6) is 5.88 Å². The monoisotopic (exact) mass is 456 g/mol. The molecule has 1 aliphatic carbocycles. The summed E-state index contributed by atoms with van der Waals surface area (Å²) in [5.74, 6) is 0.578. The first kappa shape index (κ1) is 22.3. The van der Waals surface area contributed by atoms with Crippen LogP contribution in [0.3, 0.4) is 0 Å². The van der Waals surface area contributed by atoms with Gasteiger partial charge in [0.05, 0.1) is 12.3 Å². The minimum atomic E-state index is -3.78. The predicted molar refractivity (Wildman–Crippen MR) is 116 cm³/mol. The predicted octanol–water partition coefficient (Wildman–Crippen LogP) is 5.78. The Hall–Kier alpha value is -1.34. The zero-order chi connectivity index (χ0) is 21.0. The van der Waals surface area contributed by atoms with Crippen LogP contribution in [-0.4, -0.2) is 19.5 Å². The van der Waals surface area contributed by atoms with Crippen LogP contribution in [0.15, 0.2) is 41.4 Å². The second-order valence-corrected chi connectivity index (χ2v) is 10.3. The quantitative estimate of drug-likeness (QED) is 0.573. The van der Waals surface area contributed by atoms with Crippen LogP contribution in [0.25, 0.3) is 0 Å². The molecule has 0 unspecified atom stereocenters. The third-order valence-electron chi connectivity index (χ3n) is 5.02. The molecule has 2 aromatic rings. The fraction of sp³-hybridized carbons (Fsp3) is 0.476. The standard InChI is InChI=1S/C21H26Cl2N2O3S/c1-14(2)28-20-9-8-19(13-24-20)29(26,27)25-21(15-6-4-3-5-7-15)16-10-17(22)12-18(23)11-16/h8-15,21,25H,3-7H2,1-2H3/t21-/m1/s1. The smallest absolute Gasteiger partial charge is 0.242 e. The Balaban J connectivity index is 1.89. The number of pyridine rings is 1. The van der Waals surface area contributed by atoms with Gasteiger partial charge in [0.25, 0.3) is 0 Å². The number of aromatic nitrogens is 1. The van der Waals surface area contributed by atoms with E-state index < -0.39 is 16.1 Å². The number of hydrogen-bond acceptors (Lipinski definition) is 4. The van der Waals surface area contributed by atoms with Gasteiger partial charge in [-0.1, -0.05) is 42.5 Å². The van der Waals surface area contributed by atoms with E-state index in [1.807, 2.05) is 13.8 Å². The van der Waals surface area contributed by atoms with E-state index in [0.717, 1.165) is 31.2 Å². The number of benzene rings is 1. The van der Waals surface area contributed by atoms with Crippen molar-refractivity contribution in [1.29, 1.82) is 0 Å². The number of nitrogens with one attached hydrogen (secondary N) is 1. The number of ether oxygens (including phenoxy) is 1. The highest BCUT2D eigenvalue weighted by atomic mass is 35.5. The molecular weight excluding hydrogens is 431 g/mol. The average Bonchev–Trinajstić information content (AvgIpc) is 2.66. The Morgan fingerprint density at radius 3 is 2.28 bits per heavy atom. The second kappa shape index (κ2) is 9.65. The van der Waals surface area contributed by atoms with Gasteiger partial charge in [0, 0.05) is 22.2 Å². The maximum atomic E-state index is 13.1. The summed E-state index contributed by atoms with van der Waals surface area (Å²) in [6.07, 6.45) is 6.54. The fourth-order valence-corrected chi connectivity index (χ4v) is 5.51. The van der Waals surface area contributed by atoms with E-state index >= 15 is 0 Å². The molecular formula is C21H26Cl2N2O3S. The summed E-state index contributed by atoms with van der Waals surface area (Å²) in [6, 6.07) is 7.90. The van der Waals surface area contributed by atoms with E-state index in [-0.39, 0.29) is 16.9 Å². The van der Waals surface area contributed by atoms with Crippen LogP contribution < -0.4 is 9.46 Å². The summed E-state index contributed by atoms with van der Waals surface area (Å²) in [6.45, 7) is 3.78. The van der Waals surface area contributed by atoms with Crippen molar-refractivity contribution in [1.82, 2.24) is 9.71 Å². The number of hydrogen-bond donors (Lipinski definition) is 1. The van der Waals surface area contributed by atoms with Crippen molar-refractivity contribution in [3.05, 3.63) is 52.1 Å². The van der Waals surface area contributed by atoms with Crippen molar-refractivity contribution in [2.75, 3.05) is 0 Å². The minimum Gasteiger partial charge on any atom is -0.475 e. The lowest BCUT2D eigenvalue weighted by molar-refractivity contribution is 0.232. The third-order valence-corrected chi connectivity index (χ3v) is 6.89. The highest BCUT2D eigenvalue weighted by molar-refractivity contribution is 7.89. The van der Waals surface area contributed by atoms with Crippen molar-refractivity contribution in [3.8, 4) is 5.88 Å². The zero-order valence-corrected chi connectivity index (χ0v) is 18.9. The number of halogens is 2. The molecule has 1 heterocycles. The van der Waals surface area contributed by atoms with E-state index in [0.29, 0.717) is 15.9 Å². The molecule has 0 radical (unpaired) electrons. The molecule has 0 saturated heterocycles. The van der Waals surface area contributed by atoms with E-state index in [2.05, 4.69) is 9.71 Å². The lowest BCUT2D eigenvalue weighted by Crippen LogP contribution is -2.34. The molecule has 29 heavy (non-hydrogen) atoms. The van der Waals surface area contributed by atoms with Crippen LogP contribution in [-0.2, 0) is 10.0 Å². The summed E-state index contributed by atoms with van der Waals surface area (Å²) in [5.41, 5.74) is 0.783. The first-order valence-corrected chi connectivity index (χ1v) is 12.1. The molecule has 1 aromatic carbocycles. The van der Waals surface area contributed by atoms with Crippen molar-refractivity contribution in [2.24, 2.45) is 5.92 Å². The molecule has 158 valence electrons. The van der Waals surface area contributed by atoms with Crippen LogP contribution in [0.4, 0.5) is 0 Å². The van der Waals surface area contributed by atoms with Crippen molar-refractivity contribution < 1.29 is 13.2 Å². The molecule has 0 bridgehead atoms. The fourth-order valence-electron chi connectivity index (χ4n) is 3.73. The number of sulfonamides is 1. The average molecular weight is 457 g/mol. The Bertz CT molecular complexity index is 907. The van der Waals surface area contributed by atoms with Crippen molar-refractivity contribution in [2.45, 2.75) is 63.0 Å². The third kappa shape index (κ3) is 6.07. The minimum absolute atomic E-state index is 0.0358. The van der Waals surface area contributed by atoms with Crippen LogP contribution in [0.2, 0.25) is 10.0 Å². The molecule has 3 rings (SSSR count). The molecule has 1 saturated carbocycles. The molecule has 5 nitrogen and oxygen atoms in total. The van der Waals surface area contributed by atoms with Crippen LogP contribution in [0, 0.1) is 5.92 Å². The van der Waals surface area contributed by atoms with E-state index in [1.54, 1.807) is 24.3 Å². The number of nitrogens with zero attached hydrogens (tertiary/aromatic N) is 1. The molecule has 1 aliphatic rings. The molecule has 1 N–H and O–H groups in total. The topological polar surface area (TPSA) is 68.3 Å². The van der Waals surface area contributed by atoms with Gasteiger partial charge in [-0.05, 0) is 62.4 Å². The normalized spacial score (nSPS) is 16.7. The largest absolute Gasteiger partial charge is 0.475 e. The summed E-state index contributed by atoms with van der Waals surface area (Å²) in [4.78, 5) is 4.22. The van der Waals surface area contributed by atoms with Gasteiger partial charge in [0.1, 0.15) is 4.90 Å². The van der Waals surface area contributed by atoms with Gasteiger partial charge in [-0.2, -0.15) is 0 Å². The Kier molecular flexibility index (Phi) is 7.43. The van der Waals surface area contributed by atoms with Gasteiger partial charge in [-0.3, -0.25) is 0 Å². The second-order valence-electron chi connectivity index (χ2n) is 7.70. The first-order chi connectivity index (χ1) is 13.7. The van der Waals surface area contributed by atoms with Gasteiger partial charge in [0.2, 0.25) is 15.9 Å². The van der Waals surface area contributed by atoms with E-state index in [4.69, 9.17) is 27.9 Å².